The number of halogens is 1. The number of primary amides is 1. The molecule has 1 saturated carbocycles. The maximum atomic E-state index is 14.8. The number of benzene rings is 2. The average Bonchev–Trinajstić information content (AvgIpc) is 3.18. The maximum Gasteiger partial charge on any atom is 0.256 e. The summed E-state index contributed by atoms with van der Waals surface area (Å²) in [6.45, 7) is 5.64. The van der Waals surface area contributed by atoms with Crippen LogP contribution < -0.4 is 5.73 Å². The molecule has 3 saturated heterocycles. The van der Waals surface area contributed by atoms with Crippen molar-refractivity contribution >= 4 is 29.7 Å². The molecule has 0 radical (unpaired) electrons. The second-order valence-electron chi connectivity index (χ2n) is 15.1. The van der Waals surface area contributed by atoms with Crippen molar-refractivity contribution in [3.8, 4) is 0 Å². The lowest BCUT2D eigenvalue weighted by molar-refractivity contribution is -0.135. The van der Waals surface area contributed by atoms with Gasteiger partial charge in [0, 0.05) is 82.0 Å². The quantitative estimate of drug-likeness (QED) is 0.255. The Labute approximate surface area is 313 Å². The third-order valence-corrected chi connectivity index (χ3v) is 11.2. The number of carbonyl (C=O) groups excluding carboxylic acids is 4. The first-order chi connectivity index (χ1) is 25.6. The molecule has 3 amide bonds. The highest BCUT2D eigenvalue weighted by molar-refractivity contribution is 6.09. The van der Waals surface area contributed by atoms with Crippen molar-refractivity contribution in [1.82, 2.24) is 19.6 Å². The molecule has 0 spiro atoms. The summed E-state index contributed by atoms with van der Waals surface area (Å²) in [6, 6.07) is 10.8. The summed E-state index contributed by atoms with van der Waals surface area (Å²) < 4.78 is 21.2. The number of nitrogens with two attached hydrogens (primary N) is 1. The average molecular weight is 733 g/mol. The molecule has 3 N–H and O–H groups in total. The van der Waals surface area contributed by atoms with Gasteiger partial charge in [-0.1, -0.05) is 56.4 Å². The van der Waals surface area contributed by atoms with E-state index in [1.165, 1.54) is 50.3 Å². The van der Waals surface area contributed by atoms with Gasteiger partial charge in [-0.05, 0) is 62.4 Å². The fraction of sp³-hybridized carbons (Fsp3) is 0.585. The molecule has 0 atom stereocenters. The van der Waals surface area contributed by atoms with Gasteiger partial charge in [-0.25, -0.2) is 4.39 Å². The lowest BCUT2D eigenvalue weighted by Gasteiger charge is -2.38. The Morgan fingerprint density at radius 3 is 2.04 bits per heavy atom. The summed E-state index contributed by atoms with van der Waals surface area (Å²) in [7, 11) is 2.15. The monoisotopic (exact) mass is 732 g/mol. The largest absolute Gasteiger partial charge is 0.375 e. The van der Waals surface area contributed by atoms with E-state index >= 15 is 0 Å². The molecule has 11 nitrogen and oxygen atoms in total. The molecule has 6 rings (SSSR count). The molecule has 0 unspecified atom stereocenters. The third kappa shape index (κ3) is 11.7. The molecular formula is C41H57FN6O5. The molecule has 4 aliphatic rings. The van der Waals surface area contributed by atoms with Gasteiger partial charge in [-0.3, -0.25) is 19.3 Å². The molecule has 3 aliphatic heterocycles. The lowest BCUT2D eigenvalue weighted by atomic mass is 9.87. The van der Waals surface area contributed by atoms with Gasteiger partial charge < -0.3 is 35.4 Å². The number of carbonyl (C=O) groups is 4. The van der Waals surface area contributed by atoms with Crippen LogP contribution in [-0.2, 0) is 20.7 Å². The first-order valence-corrected chi connectivity index (χ1v) is 19.4. The number of piperidine rings is 2. The van der Waals surface area contributed by atoms with Gasteiger partial charge in [-0.2, -0.15) is 0 Å². The van der Waals surface area contributed by atoms with E-state index in [0.29, 0.717) is 50.0 Å². The minimum Gasteiger partial charge on any atom is -0.375 e. The van der Waals surface area contributed by atoms with Gasteiger partial charge in [0.05, 0.1) is 24.3 Å². The van der Waals surface area contributed by atoms with E-state index < -0.39 is 17.6 Å². The molecule has 1 aliphatic carbocycles. The second kappa shape index (κ2) is 19.9. The number of nitrogens with one attached hydrogen (secondary N) is 1. The number of hydrogen-bond donors (Lipinski definition) is 2. The number of ether oxygens (including phenoxy) is 1. The minimum atomic E-state index is -0.635. The standard InChI is InChI=1S/C33H43FN6O4.C8H14O/c1-37-12-8-24(9-13-37)44-25-10-14-38(15-11-25)22-31(41)39-16-18-40(19-17-39)33(43)28-20-23(6-7-29(28)34)21-30(35)26-4-2-3-5-27(26)32(36)42;9-7-6-8-4-2-1-3-5-8/h2-7,20,24-25,35H,8-19,21-22H2,1H3,(H2,36,42);7-8H,1-6H2. The molecule has 0 aromatic heterocycles. The zero-order chi connectivity index (χ0) is 37.7. The summed E-state index contributed by atoms with van der Waals surface area (Å²) in [4.78, 5) is 56.1. The molecule has 53 heavy (non-hydrogen) atoms. The van der Waals surface area contributed by atoms with Crippen LogP contribution in [0.3, 0.4) is 0 Å². The van der Waals surface area contributed by atoms with Crippen molar-refractivity contribution in [2.45, 2.75) is 82.8 Å². The van der Waals surface area contributed by atoms with Crippen LogP contribution in [0.4, 0.5) is 4.39 Å². The molecule has 12 heteroatoms. The van der Waals surface area contributed by atoms with Crippen molar-refractivity contribution in [2.24, 2.45) is 11.7 Å². The van der Waals surface area contributed by atoms with E-state index in [2.05, 4.69) is 16.8 Å². The second-order valence-corrected chi connectivity index (χ2v) is 15.1. The minimum absolute atomic E-state index is 0.0507. The van der Waals surface area contributed by atoms with Crippen LogP contribution in [0.25, 0.3) is 0 Å². The van der Waals surface area contributed by atoms with Gasteiger partial charge in [-0.15, -0.1) is 0 Å². The van der Waals surface area contributed by atoms with Gasteiger partial charge in [0.2, 0.25) is 11.8 Å². The normalized spacial score (nSPS) is 19.7. The Kier molecular flexibility index (Phi) is 15.1. The van der Waals surface area contributed by atoms with Crippen LogP contribution >= 0.6 is 0 Å². The Hall–Kier alpha value is -4.00. The fourth-order valence-electron chi connectivity index (χ4n) is 7.88. The molecule has 288 valence electrons. The van der Waals surface area contributed by atoms with Crippen LogP contribution in [-0.4, -0.2) is 127 Å². The molecule has 3 heterocycles. The van der Waals surface area contributed by atoms with Crippen LogP contribution in [0.5, 0.6) is 0 Å². The number of hydrogen-bond acceptors (Lipinski definition) is 8. The number of nitrogens with zero attached hydrogens (tertiary/aromatic N) is 4. The Bertz CT molecular complexity index is 1560. The van der Waals surface area contributed by atoms with Gasteiger partial charge >= 0.3 is 0 Å². The summed E-state index contributed by atoms with van der Waals surface area (Å²) in [5.41, 5.74) is 6.76. The van der Waals surface area contributed by atoms with Crippen molar-refractivity contribution in [3.63, 3.8) is 0 Å². The predicted molar refractivity (Wildman–Crippen MR) is 203 cm³/mol. The van der Waals surface area contributed by atoms with E-state index in [9.17, 15) is 23.6 Å². The molecule has 2 aromatic carbocycles. The molecular weight excluding hydrogens is 675 g/mol. The highest BCUT2D eigenvalue weighted by Gasteiger charge is 2.30. The van der Waals surface area contributed by atoms with Crippen molar-refractivity contribution < 1.29 is 28.3 Å². The van der Waals surface area contributed by atoms with E-state index in [-0.39, 0.29) is 35.3 Å². The van der Waals surface area contributed by atoms with E-state index in [1.54, 1.807) is 34.1 Å². The predicted octanol–water partition coefficient (Wildman–Crippen LogP) is 4.55. The van der Waals surface area contributed by atoms with Crippen LogP contribution in [0.2, 0.25) is 0 Å². The zero-order valence-corrected chi connectivity index (χ0v) is 31.3. The first-order valence-electron chi connectivity index (χ1n) is 19.4. The van der Waals surface area contributed by atoms with Crippen molar-refractivity contribution in [3.05, 3.63) is 70.5 Å². The van der Waals surface area contributed by atoms with Gasteiger partial charge in [0.1, 0.15) is 12.1 Å². The number of rotatable bonds is 11. The van der Waals surface area contributed by atoms with E-state index in [1.807, 2.05) is 0 Å². The zero-order valence-electron chi connectivity index (χ0n) is 31.3. The first kappa shape index (κ1) is 40.2. The molecule has 2 aromatic rings. The Morgan fingerprint density at radius 2 is 1.42 bits per heavy atom. The summed E-state index contributed by atoms with van der Waals surface area (Å²) in [5, 5.41) is 8.51. The van der Waals surface area contributed by atoms with E-state index in [0.717, 1.165) is 70.5 Å². The van der Waals surface area contributed by atoms with Crippen molar-refractivity contribution in [1.29, 1.82) is 5.41 Å². The highest BCUT2D eigenvalue weighted by Crippen LogP contribution is 2.25. The van der Waals surface area contributed by atoms with Crippen molar-refractivity contribution in [2.75, 3.05) is 66.0 Å². The number of piperazine rings is 1. The van der Waals surface area contributed by atoms with Gasteiger partial charge in [0.15, 0.2) is 0 Å². The topological polar surface area (TPSA) is 140 Å². The summed E-state index contributed by atoms with van der Waals surface area (Å²) in [5.74, 6) is -0.918. The number of likely N-dealkylation sites (tertiary alicyclic amines) is 2. The fourth-order valence-corrected chi connectivity index (χ4v) is 7.88. The van der Waals surface area contributed by atoms with E-state index in [4.69, 9.17) is 15.9 Å². The van der Waals surface area contributed by atoms with Crippen LogP contribution in [0.1, 0.15) is 96.1 Å². The SMILES string of the molecule is CN1CCC(OC2CCN(CC(=O)N3CCN(C(=O)c4cc(CC(=N)c5ccccc5C(N)=O)ccc4F)CC3)CC2)CC1.O=CCC1CCCCC1. The Balaban J connectivity index is 0.000000526. The van der Waals surface area contributed by atoms with Gasteiger partial charge in [0.25, 0.3) is 5.91 Å². The molecule has 4 fully saturated rings. The lowest BCUT2D eigenvalue weighted by Crippen LogP contribution is -2.53. The highest BCUT2D eigenvalue weighted by atomic mass is 19.1. The summed E-state index contributed by atoms with van der Waals surface area (Å²) >= 11 is 0. The number of aldehydes is 1. The molecule has 0 bridgehead atoms. The van der Waals surface area contributed by atoms with Crippen LogP contribution in [0, 0.1) is 17.1 Å². The smallest absolute Gasteiger partial charge is 0.256 e. The number of amides is 3. The third-order valence-electron chi connectivity index (χ3n) is 11.2. The Morgan fingerprint density at radius 1 is 0.811 bits per heavy atom. The van der Waals surface area contributed by atoms with Crippen LogP contribution in [0.15, 0.2) is 42.5 Å². The maximum absolute atomic E-state index is 14.8. The summed E-state index contributed by atoms with van der Waals surface area (Å²) in [6.07, 6.45) is 13.3.